The van der Waals surface area contributed by atoms with Gasteiger partial charge in [0.15, 0.2) is 5.65 Å². The number of aromatic nitrogens is 3. The Labute approximate surface area is 199 Å². The van der Waals surface area contributed by atoms with Crippen molar-refractivity contribution in [1.29, 1.82) is 0 Å². The van der Waals surface area contributed by atoms with Crippen molar-refractivity contribution in [1.82, 2.24) is 19.9 Å². The van der Waals surface area contributed by atoms with E-state index in [-0.39, 0.29) is 23.6 Å². The summed E-state index contributed by atoms with van der Waals surface area (Å²) in [6.07, 6.45) is 9.02. The Balaban J connectivity index is 1.28. The molecule has 1 aromatic carbocycles. The molecule has 0 radical (unpaired) electrons. The van der Waals surface area contributed by atoms with Gasteiger partial charge in [-0.25, -0.2) is 9.97 Å². The molecule has 35 heavy (non-hydrogen) atoms. The summed E-state index contributed by atoms with van der Waals surface area (Å²) in [6, 6.07) is 4.21. The molecule has 1 aliphatic carbocycles. The summed E-state index contributed by atoms with van der Waals surface area (Å²) in [5.41, 5.74) is 2.71. The number of carbonyl (C=O) groups excluding carboxylic acids is 1. The normalized spacial score (nSPS) is 20.5. The third-order valence-electron chi connectivity index (χ3n) is 7.20. The van der Waals surface area contributed by atoms with E-state index in [0.29, 0.717) is 37.5 Å². The van der Waals surface area contributed by atoms with Gasteiger partial charge in [-0.3, -0.25) is 4.79 Å². The predicted octanol–water partition coefficient (Wildman–Crippen LogP) is 7.68. The van der Waals surface area contributed by atoms with Crippen molar-refractivity contribution < 1.29 is 24.2 Å². The molecule has 11 heteroatoms. The molecule has 0 bridgehead atoms. The lowest BCUT2D eigenvalue weighted by Crippen LogP contribution is -2.38. The summed E-state index contributed by atoms with van der Waals surface area (Å²) < 4.78 is 64.8. The number of likely N-dealkylation sites (tertiary alicyclic amines) is 1. The van der Waals surface area contributed by atoms with Crippen LogP contribution in [-0.2, 0) is 0 Å². The number of imidazole rings is 1. The first-order valence-corrected chi connectivity index (χ1v) is 13.8. The monoisotopic (exact) mass is 514 g/mol. The van der Waals surface area contributed by atoms with E-state index in [9.17, 15) is 24.2 Å². The third kappa shape index (κ3) is 5.00. The van der Waals surface area contributed by atoms with Gasteiger partial charge in [-0.15, -0.1) is 0 Å². The van der Waals surface area contributed by atoms with Crippen LogP contribution in [0.5, 0.6) is 0 Å². The molecule has 3 aromatic rings. The number of nitrogens with zero attached hydrogens (tertiary/aromatic N) is 3. The Hall–Kier alpha value is -2.69. The molecule has 0 spiro atoms. The number of benzene rings is 1. The largest absolute Gasteiger partial charge is 0.340 e. The van der Waals surface area contributed by atoms with Crippen LogP contribution in [0, 0.1) is 0 Å². The lowest BCUT2D eigenvalue weighted by molar-refractivity contribution is 0.0713. The first-order valence-electron chi connectivity index (χ1n) is 11.9. The molecular weight excluding hydrogens is 487 g/mol. The van der Waals surface area contributed by atoms with Crippen LogP contribution in [0.2, 0.25) is 0 Å². The Morgan fingerprint density at radius 1 is 0.886 bits per heavy atom. The number of hydrogen-bond donors (Lipinski definition) is 1. The maximum Gasteiger partial charge on any atom is 0.310 e. The van der Waals surface area contributed by atoms with E-state index in [2.05, 4.69) is 9.97 Å². The van der Waals surface area contributed by atoms with Gasteiger partial charge < -0.3 is 9.88 Å². The molecule has 5 nitrogen and oxygen atoms in total. The molecule has 1 aliphatic heterocycles. The maximum atomic E-state index is 13.0. The van der Waals surface area contributed by atoms with E-state index in [0.717, 1.165) is 41.9 Å². The molecule has 0 atom stereocenters. The van der Waals surface area contributed by atoms with Gasteiger partial charge in [0.2, 0.25) is 0 Å². The second-order valence-electron chi connectivity index (χ2n) is 9.62. The molecule has 5 rings (SSSR count). The number of hydrogen-bond acceptors (Lipinski definition) is 3. The number of carbonyl (C=O) groups is 1. The summed E-state index contributed by atoms with van der Waals surface area (Å²) in [7, 11) is -9.76. The third-order valence-corrected chi connectivity index (χ3v) is 8.37. The summed E-state index contributed by atoms with van der Waals surface area (Å²) in [6.45, 7) is 0.834. The highest BCUT2D eigenvalue weighted by atomic mass is 32.5. The van der Waals surface area contributed by atoms with E-state index in [4.69, 9.17) is 4.98 Å². The van der Waals surface area contributed by atoms with Crippen LogP contribution in [0.3, 0.4) is 0 Å². The smallest absolute Gasteiger partial charge is 0.310 e. The van der Waals surface area contributed by atoms with Crippen LogP contribution in [-0.4, -0.2) is 38.8 Å². The molecule has 2 aliphatic rings. The summed E-state index contributed by atoms with van der Waals surface area (Å²) >= 11 is 0. The molecule has 190 valence electrons. The number of piperidine rings is 1. The summed E-state index contributed by atoms with van der Waals surface area (Å²) in [4.78, 5) is 25.1. The van der Waals surface area contributed by atoms with Crippen molar-refractivity contribution in [3.8, 4) is 0 Å². The van der Waals surface area contributed by atoms with Crippen molar-refractivity contribution in [3.05, 3.63) is 53.5 Å². The fraction of sp³-hybridized carbons (Fsp3) is 0.458. The Morgan fingerprint density at radius 2 is 1.54 bits per heavy atom. The highest BCUT2D eigenvalue weighted by Crippen LogP contribution is 3.02. The fourth-order valence-corrected chi connectivity index (χ4v) is 5.94. The van der Waals surface area contributed by atoms with Crippen LogP contribution >= 0.6 is 10.2 Å². The Morgan fingerprint density at radius 3 is 2.17 bits per heavy atom. The summed E-state index contributed by atoms with van der Waals surface area (Å²) in [5.74, 6) is 1.14. The number of aromatic amines is 1. The van der Waals surface area contributed by atoms with Crippen molar-refractivity contribution in [2.45, 2.75) is 61.7 Å². The molecule has 1 saturated carbocycles. The van der Waals surface area contributed by atoms with E-state index < -0.39 is 21.0 Å². The van der Waals surface area contributed by atoms with Crippen molar-refractivity contribution in [2.24, 2.45) is 0 Å². The molecule has 2 aromatic heterocycles. The lowest BCUT2D eigenvalue weighted by Gasteiger charge is -2.40. The number of halogens is 5. The quantitative estimate of drug-likeness (QED) is 0.363. The zero-order valence-electron chi connectivity index (χ0n) is 19.0. The van der Waals surface area contributed by atoms with Gasteiger partial charge in [-0.2, -0.15) is 0 Å². The molecule has 3 heterocycles. The fourth-order valence-electron chi connectivity index (χ4n) is 5.29. The van der Waals surface area contributed by atoms with Crippen LogP contribution in [0.25, 0.3) is 11.2 Å². The lowest BCUT2D eigenvalue weighted by atomic mass is 9.88. The molecule has 0 unspecified atom stereocenters. The zero-order valence-corrected chi connectivity index (χ0v) is 19.8. The maximum absolute atomic E-state index is 13.0. The molecule has 1 saturated heterocycles. The minimum absolute atomic E-state index is 0.0361. The Kier molecular flexibility index (Phi) is 5.43. The number of amides is 1. The van der Waals surface area contributed by atoms with Crippen molar-refractivity contribution in [3.63, 3.8) is 0 Å². The first kappa shape index (κ1) is 24.0. The van der Waals surface area contributed by atoms with Crippen LogP contribution in [0.15, 0.2) is 41.4 Å². The summed E-state index contributed by atoms with van der Waals surface area (Å²) in [5, 5.41) is 0. The van der Waals surface area contributed by atoms with Gasteiger partial charge in [0.1, 0.15) is 10.7 Å². The van der Waals surface area contributed by atoms with Gasteiger partial charge in [0.25, 0.3) is 5.91 Å². The average molecular weight is 515 g/mol. The molecule has 1 amide bonds. The standard InChI is InChI=1S/C24H27F5N4OS/c25-35(26,27,28,29)19-8-6-18(7-9-19)24(34)33-14-11-16(12-15-33)20-10-13-30-23-21(20)31-22(32-23)17-4-2-1-3-5-17/h6-10,13,16-17H,1-5,11-12,14-15H2,(H,30,31,32). The second-order valence-corrected chi connectivity index (χ2v) is 12.0. The van der Waals surface area contributed by atoms with Gasteiger partial charge >= 0.3 is 10.2 Å². The van der Waals surface area contributed by atoms with Crippen molar-refractivity contribution in [2.75, 3.05) is 13.1 Å². The van der Waals surface area contributed by atoms with Gasteiger partial charge in [-0.05, 0) is 67.5 Å². The first-order chi connectivity index (χ1) is 16.4. The van der Waals surface area contributed by atoms with E-state index in [1.165, 1.54) is 19.3 Å². The number of rotatable bonds is 4. The minimum Gasteiger partial charge on any atom is -0.340 e. The van der Waals surface area contributed by atoms with Gasteiger partial charge in [0, 0.05) is 30.8 Å². The van der Waals surface area contributed by atoms with E-state index in [1.807, 2.05) is 6.07 Å². The van der Waals surface area contributed by atoms with Gasteiger partial charge in [0.05, 0.1) is 5.52 Å². The average Bonchev–Trinajstić information content (AvgIpc) is 3.28. The van der Waals surface area contributed by atoms with Crippen LogP contribution < -0.4 is 0 Å². The zero-order chi connectivity index (χ0) is 24.9. The Bertz CT molecular complexity index is 1250. The minimum atomic E-state index is -9.76. The van der Waals surface area contributed by atoms with E-state index in [1.54, 1.807) is 11.1 Å². The SMILES string of the molecule is O=C(c1ccc(S(F)(F)(F)(F)F)cc1)N1CCC(c2ccnc3nc(C4CCCCC4)[nH]c23)CC1. The highest BCUT2D eigenvalue weighted by Gasteiger charge is 2.65. The number of H-pyrrole nitrogens is 1. The number of nitrogens with one attached hydrogen (secondary N) is 1. The van der Waals surface area contributed by atoms with Crippen molar-refractivity contribution >= 4 is 27.3 Å². The number of fused-ring (bicyclic) bond motifs is 1. The van der Waals surface area contributed by atoms with Crippen LogP contribution in [0.1, 0.15) is 78.5 Å². The molecular formula is C24H27F5N4OS. The van der Waals surface area contributed by atoms with Gasteiger partial charge in [-0.1, -0.05) is 38.7 Å². The number of pyridine rings is 1. The topological polar surface area (TPSA) is 61.9 Å². The van der Waals surface area contributed by atoms with Crippen LogP contribution in [0.4, 0.5) is 19.4 Å². The predicted molar refractivity (Wildman–Crippen MR) is 125 cm³/mol. The molecule has 1 N–H and O–H groups in total. The second kappa shape index (κ2) is 7.91. The molecule has 2 fully saturated rings. The highest BCUT2D eigenvalue weighted by molar-refractivity contribution is 8.45. The van der Waals surface area contributed by atoms with E-state index >= 15 is 0 Å².